The Labute approximate surface area is 121 Å². The number of aromatic nitrogens is 1. The van der Waals surface area contributed by atoms with Crippen LogP contribution in [0.1, 0.15) is 55.0 Å². The summed E-state index contributed by atoms with van der Waals surface area (Å²) in [6, 6.07) is 6.42. The first-order chi connectivity index (χ1) is 9.81. The molecule has 0 aliphatic heterocycles. The van der Waals surface area contributed by atoms with Crippen LogP contribution < -0.4 is 0 Å². The number of hydrogen-bond donors (Lipinski definition) is 0. The summed E-state index contributed by atoms with van der Waals surface area (Å²) in [5.74, 6) is 0.698. The van der Waals surface area contributed by atoms with E-state index in [1.54, 1.807) is 6.08 Å². The number of thiazole rings is 1. The molecule has 2 fully saturated rings. The summed E-state index contributed by atoms with van der Waals surface area (Å²) in [5, 5.41) is 1.27. The van der Waals surface area contributed by atoms with Crippen molar-refractivity contribution in [2.45, 2.75) is 50.0 Å². The van der Waals surface area contributed by atoms with Crippen molar-refractivity contribution >= 4 is 27.6 Å². The maximum atomic E-state index is 10.8. The van der Waals surface area contributed by atoms with Crippen molar-refractivity contribution in [1.82, 2.24) is 4.98 Å². The molecule has 2 saturated carbocycles. The quantitative estimate of drug-likeness (QED) is 0.623. The second kappa shape index (κ2) is 4.51. The zero-order valence-electron chi connectivity index (χ0n) is 11.3. The molecular weight excluding hydrogens is 268 g/mol. The molecule has 1 heterocycles. The van der Waals surface area contributed by atoms with E-state index in [1.165, 1.54) is 22.5 Å². The molecule has 1 aromatic heterocycles. The van der Waals surface area contributed by atoms with Crippen molar-refractivity contribution < 1.29 is 4.79 Å². The van der Waals surface area contributed by atoms with E-state index in [1.807, 2.05) is 11.3 Å². The summed E-state index contributed by atoms with van der Waals surface area (Å²) in [7, 11) is 0. The molecule has 3 nitrogen and oxygen atoms in total. The number of benzene rings is 1. The Kier molecular flexibility index (Phi) is 2.76. The molecule has 20 heavy (non-hydrogen) atoms. The molecule has 0 saturated heterocycles. The van der Waals surface area contributed by atoms with Gasteiger partial charge in [0.25, 0.3) is 0 Å². The largest absolute Gasteiger partial charge is 0.241 e. The molecule has 4 rings (SSSR count). The fourth-order valence-electron chi connectivity index (χ4n) is 3.25. The summed E-state index contributed by atoms with van der Waals surface area (Å²) < 4.78 is 1.25. The average Bonchev–Trinajstić information content (AvgIpc) is 3.05. The maximum Gasteiger partial charge on any atom is 0.235 e. The molecule has 0 amide bonds. The van der Waals surface area contributed by atoms with Gasteiger partial charge >= 0.3 is 0 Å². The third kappa shape index (κ3) is 1.91. The van der Waals surface area contributed by atoms with Gasteiger partial charge < -0.3 is 0 Å². The predicted molar refractivity (Wildman–Crippen MR) is 79.9 cm³/mol. The number of isocyanates is 1. The molecule has 2 aliphatic carbocycles. The first-order valence-corrected chi connectivity index (χ1v) is 8.12. The molecule has 0 spiro atoms. The van der Waals surface area contributed by atoms with Crippen LogP contribution in [0.15, 0.2) is 23.2 Å². The topological polar surface area (TPSA) is 42.3 Å². The fraction of sp³-hybridized carbons (Fsp3) is 0.500. The molecule has 102 valence electrons. The van der Waals surface area contributed by atoms with E-state index < -0.39 is 0 Å². The van der Waals surface area contributed by atoms with Gasteiger partial charge in [0.05, 0.1) is 20.8 Å². The normalized spacial score (nSPS) is 21.0. The molecule has 0 bridgehead atoms. The molecule has 0 atom stereocenters. The zero-order valence-corrected chi connectivity index (χ0v) is 12.1. The lowest BCUT2D eigenvalue weighted by molar-refractivity contribution is 0.456. The Balaban J connectivity index is 1.80. The monoisotopic (exact) mass is 284 g/mol. The number of rotatable bonds is 3. The fourth-order valence-corrected chi connectivity index (χ4v) is 4.37. The van der Waals surface area contributed by atoms with E-state index in [0.29, 0.717) is 5.92 Å². The van der Waals surface area contributed by atoms with Crippen LogP contribution in [-0.4, -0.2) is 11.1 Å². The van der Waals surface area contributed by atoms with Crippen LogP contribution in [0.5, 0.6) is 0 Å². The van der Waals surface area contributed by atoms with Gasteiger partial charge in [-0.1, -0.05) is 18.9 Å². The van der Waals surface area contributed by atoms with E-state index in [-0.39, 0.29) is 5.54 Å². The molecule has 4 heteroatoms. The smallest absolute Gasteiger partial charge is 0.235 e. The van der Waals surface area contributed by atoms with E-state index in [9.17, 15) is 4.79 Å². The third-order valence-electron chi connectivity index (χ3n) is 4.56. The van der Waals surface area contributed by atoms with Crippen molar-refractivity contribution in [3.63, 3.8) is 0 Å². The van der Waals surface area contributed by atoms with Gasteiger partial charge in [-0.05, 0) is 43.4 Å². The Morgan fingerprint density at radius 1 is 1.30 bits per heavy atom. The van der Waals surface area contributed by atoms with Gasteiger partial charge in [-0.25, -0.2) is 9.78 Å². The minimum absolute atomic E-state index is 0.334. The maximum absolute atomic E-state index is 10.8. The van der Waals surface area contributed by atoms with Crippen LogP contribution in [-0.2, 0) is 10.3 Å². The van der Waals surface area contributed by atoms with Crippen molar-refractivity contribution in [3.05, 3.63) is 28.8 Å². The molecule has 0 radical (unpaired) electrons. The summed E-state index contributed by atoms with van der Waals surface area (Å²) in [4.78, 5) is 19.7. The molecule has 2 aliphatic rings. The van der Waals surface area contributed by atoms with Gasteiger partial charge in [0, 0.05) is 5.92 Å². The first-order valence-electron chi connectivity index (χ1n) is 7.31. The minimum atomic E-state index is -0.334. The SMILES string of the molecule is O=C=NC1(c2ccc3sc(C4CC4)nc3c2)CCCC1. The summed E-state index contributed by atoms with van der Waals surface area (Å²) >= 11 is 1.81. The van der Waals surface area contributed by atoms with Crippen LogP contribution in [0.2, 0.25) is 0 Å². The summed E-state index contributed by atoms with van der Waals surface area (Å²) in [5.41, 5.74) is 1.87. The van der Waals surface area contributed by atoms with E-state index >= 15 is 0 Å². The Hall–Kier alpha value is -1.51. The number of carbonyl (C=O) groups excluding carboxylic acids is 1. The van der Waals surface area contributed by atoms with Gasteiger partial charge in [0.1, 0.15) is 0 Å². The highest BCUT2D eigenvalue weighted by Gasteiger charge is 2.36. The van der Waals surface area contributed by atoms with Crippen molar-refractivity contribution in [2.75, 3.05) is 0 Å². The van der Waals surface area contributed by atoms with Crippen LogP contribution in [0.25, 0.3) is 10.2 Å². The molecule has 0 unspecified atom stereocenters. The Morgan fingerprint density at radius 2 is 2.10 bits per heavy atom. The zero-order chi connectivity index (χ0) is 13.6. The van der Waals surface area contributed by atoms with Crippen LogP contribution in [0.4, 0.5) is 0 Å². The van der Waals surface area contributed by atoms with Crippen molar-refractivity contribution in [1.29, 1.82) is 0 Å². The predicted octanol–water partition coefficient (Wildman–Crippen LogP) is 4.28. The van der Waals surface area contributed by atoms with E-state index in [4.69, 9.17) is 4.98 Å². The lowest BCUT2D eigenvalue weighted by atomic mass is 9.89. The highest BCUT2D eigenvalue weighted by atomic mass is 32.1. The second-order valence-electron chi connectivity index (χ2n) is 5.95. The minimum Gasteiger partial charge on any atom is -0.241 e. The molecule has 2 aromatic rings. The number of aliphatic imine (C=N–C) groups is 1. The Bertz CT molecular complexity index is 704. The van der Waals surface area contributed by atoms with Gasteiger partial charge in [-0.2, -0.15) is 4.99 Å². The van der Waals surface area contributed by atoms with Crippen molar-refractivity contribution in [2.24, 2.45) is 4.99 Å². The van der Waals surface area contributed by atoms with Gasteiger partial charge in [-0.15, -0.1) is 11.3 Å². The first kappa shape index (κ1) is 12.2. The van der Waals surface area contributed by atoms with E-state index in [2.05, 4.69) is 23.2 Å². The lowest BCUT2D eigenvalue weighted by Gasteiger charge is -2.22. The molecule has 1 aromatic carbocycles. The van der Waals surface area contributed by atoms with Gasteiger partial charge in [-0.3, -0.25) is 0 Å². The summed E-state index contributed by atoms with van der Waals surface area (Å²) in [6.45, 7) is 0. The highest BCUT2D eigenvalue weighted by Crippen LogP contribution is 2.45. The third-order valence-corrected chi connectivity index (χ3v) is 5.76. The summed E-state index contributed by atoms with van der Waals surface area (Å²) in [6.07, 6.45) is 8.52. The standard InChI is InChI=1S/C16H16N2OS/c19-10-17-16(7-1-2-8-16)12-5-6-14-13(9-12)18-15(20-14)11-3-4-11/h5-6,9,11H,1-4,7-8H2. The number of fused-ring (bicyclic) bond motifs is 1. The van der Waals surface area contributed by atoms with Crippen LogP contribution in [0.3, 0.4) is 0 Å². The lowest BCUT2D eigenvalue weighted by Crippen LogP contribution is -2.18. The van der Waals surface area contributed by atoms with Gasteiger partial charge in [0.15, 0.2) is 0 Å². The van der Waals surface area contributed by atoms with Crippen molar-refractivity contribution in [3.8, 4) is 0 Å². The average molecular weight is 284 g/mol. The van der Waals surface area contributed by atoms with E-state index in [0.717, 1.165) is 36.8 Å². The second-order valence-corrected chi connectivity index (χ2v) is 7.01. The number of nitrogens with zero attached hydrogens (tertiary/aromatic N) is 2. The number of hydrogen-bond acceptors (Lipinski definition) is 4. The molecular formula is C16H16N2OS. The Morgan fingerprint density at radius 3 is 2.80 bits per heavy atom. The highest BCUT2D eigenvalue weighted by molar-refractivity contribution is 7.18. The molecule has 0 N–H and O–H groups in total. The van der Waals surface area contributed by atoms with Crippen LogP contribution in [0, 0.1) is 0 Å². The van der Waals surface area contributed by atoms with Gasteiger partial charge in [0.2, 0.25) is 6.08 Å². The van der Waals surface area contributed by atoms with Crippen LogP contribution >= 0.6 is 11.3 Å².